The van der Waals surface area contributed by atoms with Crippen molar-refractivity contribution < 1.29 is 9.59 Å². The Balaban J connectivity index is 2.08. The fourth-order valence-electron chi connectivity index (χ4n) is 3.58. The molecule has 5 heteroatoms. The van der Waals surface area contributed by atoms with Crippen LogP contribution in [0.1, 0.15) is 43.2 Å². The monoisotopic (exact) mass is 306 g/mol. The number of imide groups is 1. The number of urea groups is 1. The van der Waals surface area contributed by atoms with Gasteiger partial charge in [0.2, 0.25) is 0 Å². The van der Waals surface area contributed by atoms with Crippen molar-refractivity contribution in [2.75, 3.05) is 6.54 Å². The highest BCUT2D eigenvalue weighted by molar-refractivity contribution is 6.17. The van der Waals surface area contributed by atoms with Gasteiger partial charge in [0.25, 0.3) is 5.91 Å². The van der Waals surface area contributed by atoms with Gasteiger partial charge in [-0.1, -0.05) is 43.5 Å². The Morgan fingerprint density at radius 3 is 2.57 bits per heavy atom. The van der Waals surface area contributed by atoms with Crippen LogP contribution in [0, 0.1) is 0 Å². The molecule has 112 valence electrons. The number of halogens is 1. The third kappa shape index (κ3) is 2.42. The minimum atomic E-state index is -0.502. The van der Waals surface area contributed by atoms with Crippen LogP contribution in [-0.2, 0) is 16.2 Å². The Hall–Kier alpha value is -1.55. The largest absolute Gasteiger partial charge is 0.329 e. The summed E-state index contributed by atoms with van der Waals surface area (Å²) in [6, 6.07) is 7.72. The number of carbonyl (C=O) groups is 2. The molecule has 3 amide bonds. The fourth-order valence-corrected chi connectivity index (χ4v) is 3.74. The zero-order valence-corrected chi connectivity index (χ0v) is 12.7. The van der Waals surface area contributed by atoms with E-state index in [-0.39, 0.29) is 18.5 Å². The van der Waals surface area contributed by atoms with Gasteiger partial charge < -0.3 is 5.32 Å². The number of nitrogens with one attached hydrogen (secondary N) is 1. The molecule has 21 heavy (non-hydrogen) atoms. The topological polar surface area (TPSA) is 49.4 Å². The maximum atomic E-state index is 12.2. The molecule has 0 unspecified atom stereocenters. The third-order valence-corrected chi connectivity index (χ3v) is 4.88. The Kier molecular flexibility index (Phi) is 3.89. The van der Waals surface area contributed by atoms with Gasteiger partial charge in [-0.05, 0) is 24.0 Å². The van der Waals surface area contributed by atoms with E-state index in [0.717, 1.165) is 43.2 Å². The second-order valence-corrected chi connectivity index (χ2v) is 6.08. The Labute approximate surface area is 129 Å². The van der Waals surface area contributed by atoms with E-state index in [1.807, 2.05) is 24.3 Å². The van der Waals surface area contributed by atoms with Gasteiger partial charge in [0.15, 0.2) is 0 Å². The average molecular weight is 307 g/mol. The number of benzene rings is 1. The van der Waals surface area contributed by atoms with E-state index in [1.165, 1.54) is 4.90 Å². The predicted molar refractivity (Wildman–Crippen MR) is 81.0 cm³/mol. The number of alkyl halides is 1. The van der Waals surface area contributed by atoms with Gasteiger partial charge in [0, 0.05) is 5.88 Å². The van der Waals surface area contributed by atoms with Crippen LogP contribution in [0.2, 0.25) is 0 Å². The zero-order chi connectivity index (χ0) is 14.9. The van der Waals surface area contributed by atoms with E-state index in [4.69, 9.17) is 11.6 Å². The molecule has 1 saturated carbocycles. The lowest BCUT2D eigenvalue weighted by atomic mass is 9.75. The van der Waals surface area contributed by atoms with Crippen molar-refractivity contribution in [1.29, 1.82) is 0 Å². The van der Waals surface area contributed by atoms with Gasteiger partial charge in [-0.15, -0.1) is 11.6 Å². The van der Waals surface area contributed by atoms with Gasteiger partial charge in [0.05, 0.1) is 12.1 Å². The second kappa shape index (κ2) is 5.68. The van der Waals surface area contributed by atoms with Crippen molar-refractivity contribution in [1.82, 2.24) is 10.2 Å². The molecular formula is C16H19ClN2O2. The summed E-state index contributed by atoms with van der Waals surface area (Å²) in [7, 11) is 0. The molecule has 1 N–H and O–H groups in total. The molecule has 1 aliphatic carbocycles. The molecular weight excluding hydrogens is 288 g/mol. The van der Waals surface area contributed by atoms with Crippen LogP contribution in [0.4, 0.5) is 4.79 Å². The first-order valence-corrected chi connectivity index (χ1v) is 7.97. The molecule has 2 fully saturated rings. The van der Waals surface area contributed by atoms with Crippen molar-refractivity contribution in [3.8, 4) is 0 Å². The predicted octanol–water partition coefficient (Wildman–Crippen LogP) is 3.14. The standard InChI is InChI=1S/C16H19ClN2O2/c17-10-12-5-4-6-13(9-12)16(7-2-1-3-8-16)19-14(20)11-18-15(19)21/h4-6,9H,1-3,7-8,10-11H2,(H,18,21). The summed E-state index contributed by atoms with van der Waals surface area (Å²) in [5.74, 6) is 0.308. The molecule has 4 nitrogen and oxygen atoms in total. The van der Waals surface area contributed by atoms with E-state index in [2.05, 4.69) is 5.32 Å². The van der Waals surface area contributed by atoms with E-state index in [0.29, 0.717) is 5.88 Å². The third-order valence-electron chi connectivity index (χ3n) is 4.57. The molecule has 0 radical (unpaired) electrons. The minimum absolute atomic E-state index is 0.107. The van der Waals surface area contributed by atoms with Crippen LogP contribution in [0.5, 0.6) is 0 Å². The molecule has 3 rings (SSSR count). The minimum Gasteiger partial charge on any atom is -0.329 e. The highest BCUT2D eigenvalue weighted by atomic mass is 35.5. The maximum absolute atomic E-state index is 12.2. The lowest BCUT2D eigenvalue weighted by Gasteiger charge is -2.43. The summed E-state index contributed by atoms with van der Waals surface area (Å²) in [6.07, 6.45) is 4.88. The van der Waals surface area contributed by atoms with E-state index >= 15 is 0 Å². The first-order valence-electron chi connectivity index (χ1n) is 7.44. The average Bonchev–Trinajstić information content (AvgIpc) is 2.87. The molecule has 1 aromatic carbocycles. The Morgan fingerprint density at radius 2 is 1.95 bits per heavy atom. The van der Waals surface area contributed by atoms with Crippen molar-refractivity contribution in [2.45, 2.75) is 43.5 Å². The number of hydrogen-bond donors (Lipinski definition) is 1. The first kappa shape index (κ1) is 14.4. The number of hydrogen-bond acceptors (Lipinski definition) is 2. The number of rotatable bonds is 3. The molecule has 1 saturated heterocycles. The van der Waals surface area contributed by atoms with E-state index in [1.54, 1.807) is 0 Å². The molecule has 0 bridgehead atoms. The Morgan fingerprint density at radius 1 is 1.19 bits per heavy atom. The van der Waals surface area contributed by atoms with Gasteiger partial charge >= 0.3 is 6.03 Å². The van der Waals surface area contributed by atoms with Crippen LogP contribution in [0.15, 0.2) is 24.3 Å². The summed E-state index contributed by atoms with van der Waals surface area (Å²) in [6.45, 7) is 0.107. The molecule has 2 aliphatic rings. The highest BCUT2D eigenvalue weighted by Crippen LogP contribution is 2.43. The smallest absolute Gasteiger partial charge is 0.325 e. The van der Waals surface area contributed by atoms with Gasteiger partial charge in [-0.2, -0.15) is 0 Å². The van der Waals surface area contributed by atoms with Crippen LogP contribution < -0.4 is 5.32 Å². The molecule has 0 spiro atoms. The van der Waals surface area contributed by atoms with Crippen molar-refractivity contribution in [2.24, 2.45) is 0 Å². The Bertz CT molecular complexity index is 551. The lowest BCUT2D eigenvalue weighted by Crippen LogP contribution is -2.51. The maximum Gasteiger partial charge on any atom is 0.325 e. The number of carbonyl (C=O) groups excluding carboxylic acids is 2. The molecule has 1 aromatic rings. The van der Waals surface area contributed by atoms with Gasteiger partial charge in [-0.3, -0.25) is 9.69 Å². The van der Waals surface area contributed by atoms with E-state index in [9.17, 15) is 9.59 Å². The second-order valence-electron chi connectivity index (χ2n) is 5.81. The van der Waals surface area contributed by atoms with E-state index < -0.39 is 5.54 Å². The van der Waals surface area contributed by atoms with Crippen molar-refractivity contribution in [3.63, 3.8) is 0 Å². The van der Waals surface area contributed by atoms with Crippen LogP contribution in [0.25, 0.3) is 0 Å². The van der Waals surface area contributed by atoms with Gasteiger partial charge in [0.1, 0.15) is 0 Å². The summed E-state index contributed by atoms with van der Waals surface area (Å²) in [5, 5.41) is 2.65. The van der Waals surface area contributed by atoms with Crippen molar-refractivity contribution >= 4 is 23.5 Å². The lowest BCUT2D eigenvalue weighted by molar-refractivity contribution is -0.130. The summed E-state index contributed by atoms with van der Waals surface area (Å²) >= 11 is 5.94. The summed E-state index contributed by atoms with van der Waals surface area (Å²) in [5.41, 5.74) is 1.55. The number of nitrogens with zero attached hydrogens (tertiary/aromatic N) is 1. The van der Waals surface area contributed by atoms with Crippen LogP contribution in [0.3, 0.4) is 0 Å². The van der Waals surface area contributed by atoms with Crippen LogP contribution in [-0.4, -0.2) is 23.4 Å². The fraction of sp³-hybridized carbons (Fsp3) is 0.500. The summed E-state index contributed by atoms with van der Waals surface area (Å²) in [4.78, 5) is 25.9. The zero-order valence-electron chi connectivity index (χ0n) is 11.9. The SMILES string of the molecule is O=C1CNC(=O)N1C1(c2cccc(CCl)c2)CCCCC1. The molecule has 0 atom stereocenters. The quantitative estimate of drug-likeness (QED) is 0.689. The van der Waals surface area contributed by atoms with Crippen molar-refractivity contribution in [3.05, 3.63) is 35.4 Å². The van der Waals surface area contributed by atoms with Gasteiger partial charge in [-0.25, -0.2) is 4.79 Å². The molecule has 0 aromatic heterocycles. The summed E-state index contributed by atoms with van der Waals surface area (Å²) < 4.78 is 0. The normalized spacial score (nSPS) is 21.5. The first-order chi connectivity index (χ1) is 10.2. The molecule has 1 aliphatic heterocycles. The highest BCUT2D eigenvalue weighted by Gasteiger charge is 2.48. The number of amides is 3. The van der Waals surface area contributed by atoms with Crippen LogP contribution >= 0.6 is 11.6 Å². The molecule has 1 heterocycles.